The second-order valence-electron chi connectivity index (χ2n) is 7.20. The standard InChI is InChI=1S/C21H20F2O7/c1-20(2,3)30-19(27)28-15-11-9-14(10-12-15)17(24)29-16(21(22,23)18(25)26)13-7-5-4-6-8-13/h4-12,16H,1-3H3,(H,25,26)/p-1. The Balaban J connectivity index is 2.16. The van der Waals surface area contributed by atoms with Crippen LogP contribution in [-0.4, -0.2) is 29.6 Å². The van der Waals surface area contributed by atoms with Gasteiger partial charge in [0.2, 0.25) is 0 Å². The van der Waals surface area contributed by atoms with E-state index >= 15 is 0 Å². The lowest BCUT2D eigenvalue weighted by atomic mass is 10.0. The third-order valence-corrected chi connectivity index (χ3v) is 3.61. The highest BCUT2D eigenvalue weighted by Gasteiger charge is 2.45. The van der Waals surface area contributed by atoms with Crippen LogP contribution in [0.3, 0.4) is 0 Å². The van der Waals surface area contributed by atoms with E-state index in [0.29, 0.717) is 0 Å². The number of benzene rings is 2. The lowest BCUT2D eigenvalue weighted by molar-refractivity contribution is -0.336. The molecular formula is C21H19F2O7-. The Labute approximate surface area is 171 Å². The van der Waals surface area contributed by atoms with E-state index in [1.807, 2.05) is 0 Å². The molecule has 2 rings (SSSR count). The molecule has 0 radical (unpaired) electrons. The molecule has 0 aromatic heterocycles. The Hall–Kier alpha value is -3.49. The fourth-order valence-corrected chi connectivity index (χ4v) is 2.29. The number of carbonyl (C=O) groups excluding carboxylic acids is 3. The van der Waals surface area contributed by atoms with Crippen molar-refractivity contribution in [3.63, 3.8) is 0 Å². The molecule has 1 atom stereocenters. The number of hydrogen-bond donors (Lipinski definition) is 0. The smallest absolute Gasteiger partial charge is 0.514 e. The normalized spacial score (nSPS) is 12.6. The predicted molar refractivity (Wildman–Crippen MR) is 97.9 cm³/mol. The molecule has 0 heterocycles. The average molecular weight is 421 g/mol. The Morgan fingerprint density at radius 2 is 1.50 bits per heavy atom. The van der Waals surface area contributed by atoms with Gasteiger partial charge < -0.3 is 24.1 Å². The van der Waals surface area contributed by atoms with Gasteiger partial charge in [0, 0.05) is 0 Å². The molecule has 2 aromatic rings. The van der Waals surface area contributed by atoms with Crippen molar-refractivity contribution < 1.29 is 42.5 Å². The molecule has 1 unspecified atom stereocenters. The topological polar surface area (TPSA) is 102 Å². The first-order valence-corrected chi connectivity index (χ1v) is 8.76. The van der Waals surface area contributed by atoms with Gasteiger partial charge in [-0.25, -0.2) is 9.59 Å². The lowest BCUT2D eigenvalue weighted by Crippen LogP contribution is -2.47. The van der Waals surface area contributed by atoms with Crippen molar-refractivity contribution in [1.82, 2.24) is 0 Å². The summed E-state index contributed by atoms with van der Waals surface area (Å²) in [5.74, 6) is -8.30. The van der Waals surface area contributed by atoms with Crippen LogP contribution in [-0.2, 0) is 14.3 Å². The summed E-state index contributed by atoms with van der Waals surface area (Å²) in [7, 11) is 0. The molecule has 0 spiro atoms. The fraction of sp³-hybridized carbons (Fsp3) is 0.286. The van der Waals surface area contributed by atoms with E-state index in [0.717, 1.165) is 0 Å². The van der Waals surface area contributed by atoms with Gasteiger partial charge in [-0.15, -0.1) is 0 Å². The third-order valence-electron chi connectivity index (χ3n) is 3.61. The Morgan fingerprint density at radius 1 is 0.933 bits per heavy atom. The summed E-state index contributed by atoms with van der Waals surface area (Å²) in [6.07, 6.45) is -3.36. The Kier molecular flexibility index (Phi) is 6.76. The van der Waals surface area contributed by atoms with Crippen LogP contribution in [0.2, 0.25) is 0 Å². The van der Waals surface area contributed by atoms with Crippen molar-refractivity contribution in [1.29, 1.82) is 0 Å². The highest BCUT2D eigenvalue weighted by Crippen LogP contribution is 2.35. The maximum atomic E-state index is 14.1. The number of carbonyl (C=O) groups is 3. The van der Waals surface area contributed by atoms with E-state index in [2.05, 4.69) is 0 Å². The van der Waals surface area contributed by atoms with Crippen LogP contribution >= 0.6 is 0 Å². The first-order valence-electron chi connectivity index (χ1n) is 8.76. The minimum Gasteiger partial charge on any atom is -0.544 e. The molecule has 0 saturated heterocycles. The Morgan fingerprint density at radius 3 is 2.00 bits per heavy atom. The lowest BCUT2D eigenvalue weighted by Gasteiger charge is -2.27. The van der Waals surface area contributed by atoms with Gasteiger partial charge in [-0.05, 0) is 50.6 Å². The van der Waals surface area contributed by atoms with Crippen LogP contribution in [0.5, 0.6) is 5.75 Å². The largest absolute Gasteiger partial charge is 0.544 e. The predicted octanol–water partition coefficient (Wildman–Crippen LogP) is 3.28. The van der Waals surface area contributed by atoms with E-state index in [1.54, 1.807) is 20.8 Å². The van der Waals surface area contributed by atoms with Gasteiger partial charge in [-0.3, -0.25) is 0 Å². The van der Waals surface area contributed by atoms with Gasteiger partial charge in [-0.2, -0.15) is 8.78 Å². The second-order valence-corrected chi connectivity index (χ2v) is 7.20. The molecule has 0 bridgehead atoms. The van der Waals surface area contributed by atoms with Crippen molar-refractivity contribution in [3.8, 4) is 5.75 Å². The van der Waals surface area contributed by atoms with Crippen LogP contribution in [0.25, 0.3) is 0 Å². The van der Waals surface area contributed by atoms with Gasteiger partial charge in [0.1, 0.15) is 17.3 Å². The maximum Gasteiger partial charge on any atom is 0.514 e. The molecule has 0 saturated carbocycles. The number of ether oxygens (including phenoxy) is 3. The minimum absolute atomic E-state index is 0.0421. The van der Waals surface area contributed by atoms with Crippen molar-refractivity contribution in [2.75, 3.05) is 0 Å². The van der Waals surface area contributed by atoms with Crippen LogP contribution in [0.15, 0.2) is 54.6 Å². The first-order chi connectivity index (χ1) is 13.9. The molecule has 0 aliphatic heterocycles. The van der Waals surface area contributed by atoms with Gasteiger partial charge in [-0.1, -0.05) is 30.3 Å². The van der Waals surface area contributed by atoms with Crippen molar-refractivity contribution in [3.05, 3.63) is 65.7 Å². The zero-order valence-electron chi connectivity index (χ0n) is 16.4. The molecular weight excluding hydrogens is 402 g/mol. The minimum atomic E-state index is -4.46. The summed E-state index contributed by atoms with van der Waals surface area (Å²) in [4.78, 5) is 34.8. The van der Waals surface area contributed by atoms with Crippen molar-refractivity contribution in [2.24, 2.45) is 0 Å². The fourth-order valence-electron chi connectivity index (χ4n) is 2.29. The zero-order valence-corrected chi connectivity index (χ0v) is 16.4. The summed E-state index contributed by atoms with van der Waals surface area (Å²) in [5, 5.41) is 10.9. The molecule has 0 N–H and O–H groups in total. The number of carboxylic acid groups (broad SMARTS) is 1. The van der Waals surface area contributed by atoms with Crippen LogP contribution < -0.4 is 9.84 Å². The number of halogens is 2. The van der Waals surface area contributed by atoms with E-state index in [1.165, 1.54) is 54.6 Å². The maximum absolute atomic E-state index is 14.1. The highest BCUT2D eigenvalue weighted by molar-refractivity contribution is 5.90. The van der Waals surface area contributed by atoms with Gasteiger partial charge in [0.25, 0.3) is 0 Å². The number of carboxylic acids is 1. The molecule has 0 aliphatic rings. The molecule has 30 heavy (non-hydrogen) atoms. The average Bonchev–Trinajstić information content (AvgIpc) is 2.65. The quantitative estimate of drug-likeness (QED) is 0.521. The SMILES string of the molecule is CC(C)(C)OC(=O)Oc1ccc(C(=O)OC(c2ccccc2)C(F)(F)C(=O)[O-])cc1. The van der Waals surface area contributed by atoms with Crippen molar-refractivity contribution in [2.45, 2.75) is 38.4 Å². The highest BCUT2D eigenvalue weighted by atomic mass is 19.3. The Bertz CT molecular complexity index is 903. The van der Waals surface area contributed by atoms with Crippen LogP contribution in [0, 0.1) is 0 Å². The molecule has 0 fully saturated rings. The third kappa shape index (κ3) is 6.00. The van der Waals surface area contributed by atoms with Gasteiger partial charge >= 0.3 is 18.0 Å². The van der Waals surface area contributed by atoms with E-state index in [-0.39, 0.29) is 16.9 Å². The molecule has 0 amide bonds. The van der Waals surface area contributed by atoms with E-state index < -0.39 is 35.7 Å². The number of rotatable bonds is 6. The summed E-state index contributed by atoms with van der Waals surface area (Å²) < 4.78 is 42.9. The van der Waals surface area contributed by atoms with Crippen molar-refractivity contribution >= 4 is 18.1 Å². The molecule has 2 aromatic carbocycles. The second kappa shape index (κ2) is 8.89. The van der Waals surface area contributed by atoms with E-state index in [9.17, 15) is 28.3 Å². The number of alkyl halides is 2. The van der Waals surface area contributed by atoms with Crippen LogP contribution in [0.4, 0.5) is 13.6 Å². The van der Waals surface area contributed by atoms with Gasteiger partial charge in [0.15, 0.2) is 6.10 Å². The molecule has 160 valence electrons. The summed E-state index contributed by atoms with van der Waals surface area (Å²) in [6.45, 7) is 4.96. The summed E-state index contributed by atoms with van der Waals surface area (Å²) in [5.41, 5.74) is -1.15. The summed E-state index contributed by atoms with van der Waals surface area (Å²) in [6, 6.07) is 11.5. The summed E-state index contributed by atoms with van der Waals surface area (Å²) >= 11 is 0. The number of esters is 1. The van der Waals surface area contributed by atoms with Gasteiger partial charge in [0.05, 0.1) is 5.56 Å². The van der Waals surface area contributed by atoms with E-state index in [4.69, 9.17) is 14.2 Å². The monoisotopic (exact) mass is 421 g/mol. The first kappa shape index (κ1) is 22.8. The zero-order chi connectivity index (χ0) is 22.5. The number of aliphatic carboxylic acids is 1. The molecule has 7 nitrogen and oxygen atoms in total. The molecule has 0 aliphatic carbocycles. The van der Waals surface area contributed by atoms with Crippen LogP contribution in [0.1, 0.15) is 42.8 Å². The number of hydrogen-bond acceptors (Lipinski definition) is 7. The molecule has 9 heteroatoms.